The van der Waals surface area contributed by atoms with Crippen LogP contribution in [0.1, 0.15) is 30.9 Å². The first-order valence-corrected chi connectivity index (χ1v) is 8.97. The van der Waals surface area contributed by atoms with Crippen LogP contribution >= 0.6 is 27.3 Å². The summed E-state index contributed by atoms with van der Waals surface area (Å²) in [6.07, 6.45) is 5.21. The number of halogens is 1. The number of fused-ring (bicyclic) bond motifs is 1. The molecule has 0 radical (unpaired) electrons. The fourth-order valence-electron chi connectivity index (χ4n) is 2.61. The Hall–Kier alpha value is -1.40. The maximum atomic E-state index is 12.3. The van der Waals surface area contributed by atoms with Crippen molar-refractivity contribution < 1.29 is 9.53 Å². The summed E-state index contributed by atoms with van der Waals surface area (Å²) >= 11 is 4.72. The molecule has 1 aromatic carbocycles. The SMILES string of the molecule is CC[C@H](Oc1ccc2c(c1)CCC2)C(=O)Nc1ncc(Br)s1. The summed E-state index contributed by atoms with van der Waals surface area (Å²) in [6, 6.07) is 6.14. The van der Waals surface area contributed by atoms with E-state index in [4.69, 9.17) is 4.74 Å². The van der Waals surface area contributed by atoms with Gasteiger partial charge in [-0.1, -0.05) is 24.3 Å². The Morgan fingerprint density at radius 1 is 1.45 bits per heavy atom. The molecule has 3 rings (SSSR count). The van der Waals surface area contributed by atoms with Crippen molar-refractivity contribution in [2.24, 2.45) is 0 Å². The molecule has 1 atom stereocenters. The Bertz CT molecular complexity index is 687. The van der Waals surface area contributed by atoms with Gasteiger partial charge < -0.3 is 4.74 Å². The molecule has 0 fully saturated rings. The lowest BCUT2D eigenvalue weighted by atomic mass is 10.1. The van der Waals surface area contributed by atoms with Gasteiger partial charge in [0.25, 0.3) is 5.91 Å². The van der Waals surface area contributed by atoms with Gasteiger partial charge in [0.15, 0.2) is 11.2 Å². The topological polar surface area (TPSA) is 51.2 Å². The molecule has 0 saturated carbocycles. The highest BCUT2D eigenvalue weighted by Gasteiger charge is 2.20. The van der Waals surface area contributed by atoms with E-state index in [9.17, 15) is 4.79 Å². The van der Waals surface area contributed by atoms with Crippen LogP contribution in [0.5, 0.6) is 5.75 Å². The van der Waals surface area contributed by atoms with E-state index < -0.39 is 6.10 Å². The molecule has 0 saturated heterocycles. The number of aromatic nitrogens is 1. The van der Waals surface area contributed by atoms with Crippen molar-refractivity contribution in [2.75, 3.05) is 5.32 Å². The molecular weight excluding hydrogens is 364 g/mol. The van der Waals surface area contributed by atoms with Crippen molar-refractivity contribution in [3.05, 3.63) is 39.3 Å². The molecule has 4 nitrogen and oxygen atoms in total. The van der Waals surface area contributed by atoms with Crippen LogP contribution in [0.15, 0.2) is 28.2 Å². The van der Waals surface area contributed by atoms with Crippen LogP contribution in [0.4, 0.5) is 5.13 Å². The van der Waals surface area contributed by atoms with E-state index in [1.807, 2.05) is 13.0 Å². The van der Waals surface area contributed by atoms with Gasteiger partial charge >= 0.3 is 0 Å². The number of thiazole rings is 1. The Labute approximate surface area is 142 Å². The Kier molecular flexibility index (Phi) is 4.78. The van der Waals surface area contributed by atoms with Crippen LogP contribution in [0.3, 0.4) is 0 Å². The highest BCUT2D eigenvalue weighted by atomic mass is 79.9. The zero-order valence-electron chi connectivity index (χ0n) is 12.3. The molecule has 1 amide bonds. The quantitative estimate of drug-likeness (QED) is 0.845. The highest BCUT2D eigenvalue weighted by Crippen LogP contribution is 2.27. The number of rotatable bonds is 5. The van der Waals surface area contributed by atoms with E-state index in [1.54, 1.807) is 6.20 Å². The molecule has 1 aromatic heterocycles. The maximum absolute atomic E-state index is 12.3. The second kappa shape index (κ2) is 6.79. The van der Waals surface area contributed by atoms with E-state index in [0.717, 1.165) is 22.4 Å². The normalized spacial score (nSPS) is 14.5. The summed E-state index contributed by atoms with van der Waals surface area (Å²) in [5.74, 6) is 0.604. The summed E-state index contributed by atoms with van der Waals surface area (Å²) in [6.45, 7) is 1.94. The number of carbonyl (C=O) groups excluding carboxylic acids is 1. The van der Waals surface area contributed by atoms with E-state index in [2.05, 4.69) is 38.4 Å². The van der Waals surface area contributed by atoms with Crippen LogP contribution in [0.2, 0.25) is 0 Å². The Morgan fingerprint density at radius 2 is 2.27 bits per heavy atom. The number of nitrogens with one attached hydrogen (secondary N) is 1. The van der Waals surface area contributed by atoms with Crippen molar-refractivity contribution in [3.63, 3.8) is 0 Å². The zero-order valence-corrected chi connectivity index (χ0v) is 14.7. The zero-order chi connectivity index (χ0) is 15.5. The second-order valence-corrected chi connectivity index (χ2v) is 7.67. The lowest BCUT2D eigenvalue weighted by Crippen LogP contribution is -2.32. The van der Waals surface area contributed by atoms with Gasteiger partial charge in [-0.25, -0.2) is 4.98 Å². The van der Waals surface area contributed by atoms with Crippen molar-refractivity contribution in [3.8, 4) is 5.75 Å². The molecule has 0 aliphatic heterocycles. The van der Waals surface area contributed by atoms with E-state index >= 15 is 0 Å². The summed E-state index contributed by atoms with van der Waals surface area (Å²) in [7, 11) is 0. The average Bonchev–Trinajstić information content (AvgIpc) is 3.12. The Morgan fingerprint density at radius 3 is 3.00 bits per heavy atom. The number of hydrogen-bond acceptors (Lipinski definition) is 4. The van der Waals surface area contributed by atoms with Crippen LogP contribution < -0.4 is 10.1 Å². The first-order chi connectivity index (χ1) is 10.7. The maximum Gasteiger partial charge on any atom is 0.267 e. The molecular formula is C16H17BrN2O2S. The molecule has 22 heavy (non-hydrogen) atoms. The number of benzene rings is 1. The number of anilines is 1. The fourth-order valence-corrected chi connectivity index (χ4v) is 3.72. The number of aryl methyl sites for hydroxylation is 2. The lowest BCUT2D eigenvalue weighted by Gasteiger charge is -2.17. The third-order valence-corrected chi connectivity index (χ3v) is 5.11. The molecule has 1 N–H and O–H groups in total. The second-order valence-electron chi connectivity index (χ2n) is 5.26. The van der Waals surface area contributed by atoms with Gasteiger partial charge in [-0.15, -0.1) is 0 Å². The van der Waals surface area contributed by atoms with Crippen LogP contribution in [0.25, 0.3) is 0 Å². The molecule has 6 heteroatoms. The molecule has 2 aromatic rings. The number of ether oxygens (including phenoxy) is 1. The molecule has 0 bridgehead atoms. The summed E-state index contributed by atoms with van der Waals surface area (Å²) in [5.41, 5.74) is 2.74. The molecule has 1 aliphatic rings. The van der Waals surface area contributed by atoms with Gasteiger partial charge in [0, 0.05) is 0 Å². The molecule has 1 aliphatic carbocycles. The largest absolute Gasteiger partial charge is 0.481 e. The molecule has 0 spiro atoms. The third kappa shape index (κ3) is 3.50. The minimum Gasteiger partial charge on any atom is -0.481 e. The monoisotopic (exact) mass is 380 g/mol. The minimum atomic E-state index is -0.512. The van der Waals surface area contributed by atoms with Gasteiger partial charge in [0.1, 0.15) is 5.75 Å². The number of amides is 1. The van der Waals surface area contributed by atoms with Gasteiger partial charge in [-0.3, -0.25) is 10.1 Å². The van der Waals surface area contributed by atoms with Crippen LogP contribution in [0, 0.1) is 0 Å². The van der Waals surface area contributed by atoms with Crippen molar-refractivity contribution in [1.82, 2.24) is 4.98 Å². The van der Waals surface area contributed by atoms with E-state index in [-0.39, 0.29) is 5.91 Å². The smallest absolute Gasteiger partial charge is 0.267 e. The molecule has 0 unspecified atom stereocenters. The average molecular weight is 381 g/mol. The molecule has 116 valence electrons. The van der Waals surface area contributed by atoms with Crippen molar-refractivity contribution in [2.45, 2.75) is 38.7 Å². The summed E-state index contributed by atoms with van der Waals surface area (Å²) < 4.78 is 6.77. The minimum absolute atomic E-state index is 0.162. The fraction of sp³-hybridized carbons (Fsp3) is 0.375. The highest BCUT2D eigenvalue weighted by molar-refractivity contribution is 9.11. The molecule has 1 heterocycles. The predicted octanol–water partition coefficient (Wildman–Crippen LogP) is 4.19. The number of nitrogens with zero attached hydrogens (tertiary/aromatic N) is 1. The third-order valence-electron chi connectivity index (χ3n) is 3.72. The van der Waals surface area contributed by atoms with Gasteiger partial charge in [-0.2, -0.15) is 0 Å². The summed E-state index contributed by atoms with van der Waals surface area (Å²) in [4.78, 5) is 16.4. The lowest BCUT2D eigenvalue weighted by molar-refractivity contribution is -0.122. The number of hydrogen-bond donors (Lipinski definition) is 1. The van der Waals surface area contributed by atoms with Gasteiger partial charge in [0.2, 0.25) is 0 Å². The summed E-state index contributed by atoms with van der Waals surface area (Å²) in [5, 5.41) is 3.38. The van der Waals surface area contributed by atoms with Gasteiger partial charge in [0.05, 0.1) is 9.98 Å². The van der Waals surface area contributed by atoms with Crippen LogP contribution in [-0.2, 0) is 17.6 Å². The van der Waals surface area contributed by atoms with Crippen molar-refractivity contribution >= 4 is 38.3 Å². The van der Waals surface area contributed by atoms with Crippen molar-refractivity contribution in [1.29, 1.82) is 0 Å². The predicted molar refractivity (Wildman–Crippen MR) is 91.6 cm³/mol. The first kappa shape index (κ1) is 15.5. The number of carbonyl (C=O) groups is 1. The van der Waals surface area contributed by atoms with E-state index in [1.165, 1.54) is 28.9 Å². The van der Waals surface area contributed by atoms with E-state index in [0.29, 0.717) is 11.6 Å². The van der Waals surface area contributed by atoms with Gasteiger partial charge in [-0.05, 0) is 64.9 Å². The van der Waals surface area contributed by atoms with Crippen LogP contribution in [-0.4, -0.2) is 17.0 Å². The first-order valence-electron chi connectivity index (χ1n) is 7.36. The Balaban J connectivity index is 1.67. The standard InChI is InChI=1S/C16H17BrN2O2S/c1-2-13(15(20)19-16-18-9-14(17)22-16)21-12-7-6-10-4-3-5-11(10)8-12/h6-9,13H,2-5H2,1H3,(H,18,19,20)/t13-/m0/s1.